The van der Waals surface area contributed by atoms with Gasteiger partial charge in [-0.3, -0.25) is 9.59 Å². The Morgan fingerprint density at radius 2 is 1.79 bits per heavy atom. The summed E-state index contributed by atoms with van der Waals surface area (Å²) in [7, 11) is 1.56. The third-order valence-corrected chi connectivity index (χ3v) is 4.33. The van der Waals surface area contributed by atoms with Crippen molar-refractivity contribution in [2.45, 2.75) is 32.4 Å². The molecule has 0 heterocycles. The highest BCUT2D eigenvalue weighted by atomic mass is 19.1. The van der Waals surface area contributed by atoms with Gasteiger partial charge >= 0.3 is 0 Å². The van der Waals surface area contributed by atoms with E-state index in [4.69, 9.17) is 4.74 Å². The molecule has 0 spiro atoms. The minimum atomic E-state index is -0.776. The van der Waals surface area contributed by atoms with Gasteiger partial charge in [-0.15, -0.1) is 0 Å². The summed E-state index contributed by atoms with van der Waals surface area (Å²) in [6, 6.07) is 14.4. The van der Waals surface area contributed by atoms with E-state index in [1.807, 2.05) is 37.3 Å². The number of benzene rings is 2. The van der Waals surface area contributed by atoms with Crippen molar-refractivity contribution < 1.29 is 18.7 Å². The molecule has 0 aliphatic carbocycles. The van der Waals surface area contributed by atoms with E-state index in [1.54, 1.807) is 24.1 Å². The molecule has 1 unspecified atom stereocenters. The summed E-state index contributed by atoms with van der Waals surface area (Å²) in [5.74, 6) is -0.732. The Balaban J connectivity index is 2.36. The predicted octanol–water partition coefficient (Wildman–Crippen LogP) is 3.46. The van der Waals surface area contributed by atoms with Gasteiger partial charge in [-0.25, -0.2) is 4.39 Å². The van der Waals surface area contributed by atoms with Crippen molar-refractivity contribution in [1.82, 2.24) is 10.2 Å². The van der Waals surface area contributed by atoms with Crippen molar-refractivity contribution in [2.24, 2.45) is 0 Å². The first-order valence-electron chi connectivity index (χ1n) is 9.42. The van der Waals surface area contributed by atoms with Gasteiger partial charge in [-0.2, -0.15) is 0 Å². The van der Waals surface area contributed by atoms with Crippen LogP contribution in [0.2, 0.25) is 0 Å². The lowest BCUT2D eigenvalue weighted by Gasteiger charge is -2.31. The maximum Gasteiger partial charge on any atom is 0.247 e. The summed E-state index contributed by atoms with van der Waals surface area (Å²) >= 11 is 0. The number of nitrogens with zero attached hydrogens (tertiary/aromatic N) is 1. The van der Waals surface area contributed by atoms with E-state index in [0.717, 1.165) is 11.1 Å². The van der Waals surface area contributed by atoms with Crippen LogP contribution < -0.4 is 5.32 Å². The van der Waals surface area contributed by atoms with Gasteiger partial charge in [0.05, 0.1) is 6.61 Å². The van der Waals surface area contributed by atoms with Crippen LogP contribution in [-0.2, 0) is 20.9 Å². The molecule has 0 aliphatic rings. The zero-order chi connectivity index (χ0) is 20.4. The molecule has 1 N–H and O–H groups in total. The second kappa shape index (κ2) is 11.2. The molecule has 2 amide bonds. The van der Waals surface area contributed by atoms with Crippen LogP contribution in [0.4, 0.5) is 4.39 Å². The van der Waals surface area contributed by atoms with Crippen LogP contribution >= 0.6 is 0 Å². The number of ether oxygens (including phenoxy) is 1. The SMILES string of the molecule is CCCC(=O)N(Cc1ccc(F)cc1)C(C(=O)NCCOC)c1ccccc1. The van der Waals surface area contributed by atoms with E-state index < -0.39 is 6.04 Å². The van der Waals surface area contributed by atoms with Crippen molar-refractivity contribution in [3.63, 3.8) is 0 Å². The molecule has 2 aromatic rings. The van der Waals surface area contributed by atoms with Crippen LogP contribution in [0.3, 0.4) is 0 Å². The van der Waals surface area contributed by atoms with Gasteiger partial charge in [-0.1, -0.05) is 49.4 Å². The summed E-state index contributed by atoms with van der Waals surface area (Å²) in [5.41, 5.74) is 1.49. The fourth-order valence-electron chi connectivity index (χ4n) is 2.95. The number of hydrogen-bond acceptors (Lipinski definition) is 3. The van der Waals surface area contributed by atoms with E-state index in [9.17, 15) is 14.0 Å². The van der Waals surface area contributed by atoms with Gasteiger partial charge in [0.1, 0.15) is 11.9 Å². The maximum absolute atomic E-state index is 13.3. The standard InChI is InChI=1S/C22H27FN2O3/c1-3-7-20(26)25(16-17-10-12-19(23)13-11-17)21(18-8-5-4-6-9-18)22(27)24-14-15-28-2/h4-6,8-13,21H,3,7,14-16H2,1-2H3,(H,24,27). The lowest BCUT2D eigenvalue weighted by Crippen LogP contribution is -2.44. The third-order valence-electron chi connectivity index (χ3n) is 4.33. The number of amides is 2. The third kappa shape index (κ3) is 6.16. The van der Waals surface area contributed by atoms with Gasteiger partial charge in [0, 0.05) is 26.6 Å². The van der Waals surface area contributed by atoms with Crippen molar-refractivity contribution >= 4 is 11.8 Å². The average molecular weight is 386 g/mol. The van der Waals surface area contributed by atoms with Crippen molar-refractivity contribution in [3.8, 4) is 0 Å². The molecule has 0 fully saturated rings. The summed E-state index contributed by atoms with van der Waals surface area (Å²) < 4.78 is 18.3. The molecule has 0 radical (unpaired) electrons. The summed E-state index contributed by atoms with van der Waals surface area (Å²) in [5, 5.41) is 2.84. The van der Waals surface area contributed by atoms with Crippen molar-refractivity contribution in [2.75, 3.05) is 20.3 Å². The molecular formula is C22H27FN2O3. The first-order chi connectivity index (χ1) is 13.6. The quantitative estimate of drug-likeness (QED) is 0.636. The highest BCUT2D eigenvalue weighted by Crippen LogP contribution is 2.25. The number of methoxy groups -OCH3 is 1. The van der Waals surface area contributed by atoms with Crippen LogP contribution in [0.15, 0.2) is 54.6 Å². The van der Waals surface area contributed by atoms with Crippen LogP contribution in [0.25, 0.3) is 0 Å². The Kier molecular flexibility index (Phi) is 8.62. The molecule has 0 saturated carbocycles. The fourth-order valence-corrected chi connectivity index (χ4v) is 2.95. The second-order valence-corrected chi connectivity index (χ2v) is 6.50. The molecular weight excluding hydrogens is 359 g/mol. The molecule has 2 rings (SSSR count). The number of carbonyl (C=O) groups is 2. The highest BCUT2D eigenvalue weighted by Gasteiger charge is 2.30. The van der Waals surface area contributed by atoms with E-state index in [0.29, 0.717) is 26.0 Å². The van der Waals surface area contributed by atoms with Crippen molar-refractivity contribution in [3.05, 3.63) is 71.5 Å². The van der Waals surface area contributed by atoms with Gasteiger partial charge in [0.2, 0.25) is 11.8 Å². The van der Waals surface area contributed by atoms with E-state index in [1.165, 1.54) is 12.1 Å². The summed E-state index contributed by atoms with van der Waals surface area (Å²) in [6.07, 6.45) is 1.00. The van der Waals surface area contributed by atoms with Gasteiger partial charge in [-0.05, 0) is 29.7 Å². The Labute approximate surface area is 165 Å². The summed E-state index contributed by atoms with van der Waals surface area (Å²) in [4.78, 5) is 27.5. The largest absolute Gasteiger partial charge is 0.383 e. The molecule has 6 heteroatoms. The first kappa shape index (κ1) is 21.6. The van der Waals surface area contributed by atoms with Gasteiger partial charge in [0.15, 0.2) is 0 Å². The molecule has 28 heavy (non-hydrogen) atoms. The zero-order valence-electron chi connectivity index (χ0n) is 16.4. The normalized spacial score (nSPS) is 11.7. The highest BCUT2D eigenvalue weighted by molar-refractivity contribution is 5.88. The maximum atomic E-state index is 13.3. The number of hydrogen-bond donors (Lipinski definition) is 1. The molecule has 0 bridgehead atoms. The lowest BCUT2D eigenvalue weighted by molar-refractivity contribution is -0.141. The molecule has 2 aromatic carbocycles. The van der Waals surface area contributed by atoms with Crippen LogP contribution in [0.5, 0.6) is 0 Å². The van der Waals surface area contributed by atoms with Gasteiger partial charge < -0.3 is 15.0 Å². The minimum Gasteiger partial charge on any atom is -0.383 e. The molecule has 1 atom stereocenters. The Morgan fingerprint density at radius 3 is 2.39 bits per heavy atom. The first-order valence-corrected chi connectivity index (χ1v) is 9.42. The predicted molar refractivity (Wildman–Crippen MR) is 106 cm³/mol. The monoisotopic (exact) mass is 386 g/mol. The van der Waals surface area contributed by atoms with Crippen LogP contribution in [0.1, 0.15) is 36.9 Å². The van der Waals surface area contributed by atoms with E-state index >= 15 is 0 Å². The number of carbonyl (C=O) groups excluding carboxylic acids is 2. The molecule has 0 aromatic heterocycles. The Hall–Kier alpha value is -2.73. The molecule has 5 nitrogen and oxygen atoms in total. The minimum absolute atomic E-state index is 0.123. The second-order valence-electron chi connectivity index (χ2n) is 6.50. The Bertz CT molecular complexity index is 750. The fraction of sp³-hybridized carbons (Fsp3) is 0.364. The molecule has 0 aliphatic heterocycles. The zero-order valence-corrected chi connectivity index (χ0v) is 16.4. The van der Waals surface area contributed by atoms with Crippen LogP contribution in [0, 0.1) is 5.82 Å². The Morgan fingerprint density at radius 1 is 1.11 bits per heavy atom. The number of rotatable bonds is 10. The average Bonchev–Trinajstić information content (AvgIpc) is 2.70. The topological polar surface area (TPSA) is 58.6 Å². The summed E-state index contributed by atoms with van der Waals surface area (Å²) in [6.45, 7) is 2.87. The van der Waals surface area contributed by atoms with Crippen molar-refractivity contribution in [1.29, 1.82) is 0 Å². The van der Waals surface area contributed by atoms with E-state index in [2.05, 4.69) is 5.32 Å². The molecule has 150 valence electrons. The molecule has 0 saturated heterocycles. The smallest absolute Gasteiger partial charge is 0.247 e. The van der Waals surface area contributed by atoms with Crippen LogP contribution in [-0.4, -0.2) is 37.0 Å². The lowest BCUT2D eigenvalue weighted by atomic mass is 10.0. The van der Waals surface area contributed by atoms with E-state index in [-0.39, 0.29) is 24.2 Å². The number of halogens is 1. The van der Waals surface area contributed by atoms with Gasteiger partial charge in [0.25, 0.3) is 0 Å². The number of nitrogens with one attached hydrogen (secondary N) is 1.